The molecular formula is C12H19NO5S. The zero-order valence-corrected chi connectivity index (χ0v) is 12.2. The number of nitrogens with one attached hydrogen (secondary N) is 1. The Morgan fingerprint density at radius 2 is 1.79 bits per heavy atom. The van der Waals surface area contributed by atoms with E-state index >= 15 is 0 Å². The molecule has 0 heterocycles. The number of rotatable bonds is 6. The van der Waals surface area contributed by atoms with E-state index in [9.17, 15) is 8.42 Å². The second-order valence-electron chi connectivity index (χ2n) is 4.18. The molecule has 108 valence electrons. The monoisotopic (exact) mass is 289 g/mol. The first kappa shape index (κ1) is 15.7. The van der Waals surface area contributed by atoms with Crippen LogP contribution in [-0.2, 0) is 10.0 Å². The molecule has 0 saturated heterocycles. The average Bonchev–Trinajstić information content (AvgIpc) is 2.37. The number of aryl methyl sites for hydroxylation is 1. The van der Waals surface area contributed by atoms with E-state index in [0.29, 0.717) is 17.1 Å². The molecule has 0 fully saturated rings. The van der Waals surface area contributed by atoms with Crippen LogP contribution in [0.5, 0.6) is 11.5 Å². The van der Waals surface area contributed by atoms with Gasteiger partial charge in [0.2, 0.25) is 10.0 Å². The molecule has 0 spiro atoms. The van der Waals surface area contributed by atoms with Crippen LogP contribution >= 0.6 is 0 Å². The molecule has 1 aromatic carbocycles. The number of aliphatic hydroxyl groups excluding tert-OH is 1. The molecule has 0 amide bonds. The zero-order valence-electron chi connectivity index (χ0n) is 11.4. The van der Waals surface area contributed by atoms with Gasteiger partial charge in [-0.2, -0.15) is 0 Å². The van der Waals surface area contributed by atoms with Gasteiger partial charge in [-0.1, -0.05) is 0 Å². The van der Waals surface area contributed by atoms with Gasteiger partial charge in [0.25, 0.3) is 0 Å². The molecule has 1 atom stereocenters. The van der Waals surface area contributed by atoms with Gasteiger partial charge in [0.15, 0.2) is 11.5 Å². The quantitative estimate of drug-likeness (QED) is 0.804. The number of methoxy groups -OCH3 is 2. The number of sulfonamides is 1. The summed E-state index contributed by atoms with van der Waals surface area (Å²) in [7, 11) is -0.784. The molecule has 1 aromatic rings. The Morgan fingerprint density at radius 1 is 1.26 bits per heavy atom. The first-order chi connectivity index (χ1) is 8.85. The van der Waals surface area contributed by atoms with Crippen LogP contribution in [0.15, 0.2) is 17.0 Å². The Kier molecular flexibility index (Phi) is 5.16. The van der Waals surface area contributed by atoms with Gasteiger partial charge < -0.3 is 14.6 Å². The van der Waals surface area contributed by atoms with Crippen molar-refractivity contribution in [1.82, 2.24) is 4.72 Å². The summed E-state index contributed by atoms with van der Waals surface area (Å²) in [5.41, 5.74) is 0.537. The number of hydrogen-bond donors (Lipinski definition) is 2. The van der Waals surface area contributed by atoms with E-state index in [2.05, 4.69) is 4.72 Å². The molecule has 1 rings (SSSR count). The lowest BCUT2D eigenvalue weighted by Gasteiger charge is -2.15. The predicted molar refractivity (Wildman–Crippen MR) is 71.2 cm³/mol. The van der Waals surface area contributed by atoms with Crippen LogP contribution in [0.25, 0.3) is 0 Å². The second kappa shape index (κ2) is 6.23. The lowest BCUT2D eigenvalue weighted by atomic mass is 10.2. The minimum atomic E-state index is -3.71. The van der Waals surface area contributed by atoms with Crippen LogP contribution in [0.3, 0.4) is 0 Å². The van der Waals surface area contributed by atoms with Crippen LogP contribution in [0.2, 0.25) is 0 Å². The van der Waals surface area contributed by atoms with E-state index in [-0.39, 0.29) is 11.5 Å². The summed E-state index contributed by atoms with van der Waals surface area (Å²) < 4.78 is 36.9. The van der Waals surface area contributed by atoms with Gasteiger partial charge in [0.05, 0.1) is 25.7 Å². The van der Waals surface area contributed by atoms with Crippen LogP contribution in [0.1, 0.15) is 12.5 Å². The molecule has 0 radical (unpaired) electrons. The Labute approximate surface area is 113 Å². The topological polar surface area (TPSA) is 84.9 Å². The fourth-order valence-electron chi connectivity index (χ4n) is 1.62. The van der Waals surface area contributed by atoms with Gasteiger partial charge in [-0.3, -0.25) is 0 Å². The molecule has 0 saturated carbocycles. The van der Waals surface area contributed by atoms with Crippen molar-refractivity contribution in [3.05, 3.63) is 17.7 Å². The summed E-state index contributed by atoms with van der Waals surface area (Å²) in [6.07, 6.45) is 0. The first-order valence-corrected chi connectivity index (χ1v) is 7.19. The fourth-order valence-corrected chi connectivity index (χ4v) is 3.09. The largest absolute Gasteiger partial charge is 0.493 e. The molecule has 0 aliphatic carbocycles. The third kappa shape index (κ3) is 3.59. The number of benzene rings is 1. The highest BCUT2D eigenvalue weighted by atomic mass is 32.2. The molecule has 0 bridgehead atoms. The molecular weight excluding hydrogens is 270 g/mol. The maximum Gasteiger partial charge on any atom is 0.241 e. The molecule has 0 aliphatic rings. The normalized spacial score (nSPS) is 13.1. The van der Waals surface area contributed by atoms with Crippen LogP contribution in [0, 0.1) is 6.92 Å². The predicted octanol–water partition coefficient (Wildman–Crippen LogP) is 0.671. The minimum absolute atomic E-state index is 0.102. The molecule has 19 heavy (non-hydrogen) atoms. The Hall–Kier alpha value is -1.31. The highest BCUT2D eigenvalue weighted by Crippen LogP contribution is 2.32. The van der Waals surface area contributed by atoms with Gasteiger partial charge in [0, 0.05) is 12.1 Å². The van der Waals surface area contributed by atoms with Crippen molar-refractivity contribution in [2.75, 3.05) is 20.8 Å². The van der Waals surface area contributed by atoms with Crippen molar-refractivity contribution >= 4 is 10.0 Å². The number of aliphatic hydroxyl groups is 1. The molecule has 0 aromatic heterocycles. The van der Waals surface area contributed by atoms with E-state index in [1.807, 2.05) is 0 Å². The van der Waals surface area contributed by atoms with Gasteiger partial charge in [-0.15, -0.1) is 0 Å². The van der Waals surface area contributed by atoms with Crippen molar-refractivity contribution in [3.8, 4) is 11.5 Å². The molecule has 6 nitrogen and oxygen atoms in total. The van der Waals surface area contributed by atoms with E-state index in [4.69, 9.17) is 14.6 Å². The lowest BCUT2D eigenvalue weighted by Crippen LogP contribution is -2.35. The van der Waals surface area contributed by atoms with Gasteiger partial charge in [0.1, 0.15) is 0 Å². The highest BCUT2D eigenvalue weighted by molar-refractivity contribution is 7.89. The van der Waals surface area contributed by atoms with Crippen LogP contribution in [0.4, 0.5) is 0 Å². The second-order valence-corrected chi connectivity index (χ2v) is 5.86. The summed E-state index contributed by atoms with van der Waals surface area (Å²) >= 11 is 0. The third-order valence-electron chi connectivity index (χ3n) is 2.60. The Balaban J connectivity index is 3.27. The summed E-state index contributed by atoms with van der Waals surface area (Å²) in [4.78, 5) is 0.102. The highest BCUT2D eigenvalue weighted by Gasteiger charge is 2.21. The maximum atomic E-state index is 12.2. The van der Waals surface area contributed by atoms with Crippen molar-refractivity contribution in [1.29, 1.82) is 0 Å². The van der Waals surface area contributed by atoms with Crippen molar-refractivity contribution in [3.63, 3.8) is 0 Å². The van der Waals surface area contributed by atoms with E-state index in [1.165, 1.54) is 20.3 Å². The molecule has 7 heteroatoms. The average molecular weight is 289 g/mol. The van der Waals surface area contributed by atoms with Gasteiger partial charge >= 0.3 is 0 Å². The Morgan fingerprint density at radius 3 is 2.26 bits per heavy atom. The minimum Gasteiger partial charge on any atom is -0.493 e. The lowest BCUT2D eigenvalue weighted by molar-refractivity contribution is 0.265. The van der Waals surface area contributed by atoms with Gasteiger partial charge in [-0.05, 0) is 25.5 Å². The van der Waals surface area contributed by atoms with E-state index < -0.39 is 16.1 Å². The SMILES string of the molecule is COc1cc(C)c(S(=O)(=O)NC(C)CO)cc1OC. The van der Waals surface area contributed by atoms with E-state index in [0.717, 1.165) is 0 Å². The number of hydrogen-bond acceptors (Lipinski definition) is 5. The number of ether oxygens (including phenoxy) is 2. The summed E-state index contributed by atoms with van der Waals surface area (Å²) in [5, 5.41) is 8.93. The summed E-state index contributed by atoms with van der Waals surface area (Å²) in [6, 6.07) is 2.44. The summed E-state index contributed by atoms with van der Waals surface area (Å²) in [5.74, 6) is 0.805. The van der Waals surface area contributed by atoms with Crippen molar-refractivity contribution < 1.29 is 23.0 Å². The van der Waals surface area contributed by atoms with Crippen molar-refractivity contribution in [2.45, 2.75) is 24.8 Å². The standard InChI is InChI=1S/C12H19NO5S/c1-8-5-10(17-3)11(18-4)6-12(8)19(15,16)13-9(2)7-14/h5-6,9,13-14H,7H2,1-4H3. The third-order valence-corrected chi connectivity index (χ3v) is 4.33. The molecule has 0 aliphatic heterocycles. The molecule has 1 unspecified atom stereocenters. The molecule has 2 N–H and O–H groups in total. The van der Waals surface area contributed by atoms with Crippen LogP contribution in [-0.4, -0.2) is 40.4 Å². The Bertz CT molecular complexity index is 541. The van der Waals surface area contributed by atoms with Crippen molar-refractivity contribution in [2.24, 2.45) is 0 Å². The van der Waals surface area contributed by atoms with Gasteiger partial charge in [-0.25, -0.2) is 13.1 Å². The van der Waals surface area contributed by atoms with Crippen LogP contribution < -0.4 is 14.2 Å². The zero-order chi connectivity index (χ0) is 14.6. The first-order valence-electron chi connectivity index (χ1n) is 5.71. The smallest absolute Gasteiger partial charge is 0.241 e. The summed E-state index contributed by atoms with van der Waals surface area (Å²) in [6.45, 7) is 2.97. The fraction of sp³-hybridized carbons (Fsp3) is 0.500. The van der Waals surface area contributed by atoms with E-state index in [1.54, 1.807) is 19.9 Å². The maximum absolute atomic E-state index is 12.2.